The number of esters is 1. The molecule has 2 heterocycles. The average molecular weight is 724 g/mol. The summed E-state index contributed by atoms with van der Waals surface area (Å²) < 4.78 is 43.9. The van der Waals surface area contributed by atoms with E-state index in [1.807, 2.05) is 75.4 Å². The molecular formula is C38H49N3O7S2. The number of aryl methyl sites for hydroxylation is 2. The van der Waals surface area contributed by atoms with Crippen molar-refractivity contribution >= 4 is 28.0 Å². The maximum absolute atomic E-state index is 13.9. The summed E-state index contributed by atoms with van der Waals surface area (Å²) in [7, 11) is -1.17. The first-order valence-corrected chi connectivity index (χ1v) is 19.2. The smallest absolute Gasteiger partial charge is 0.384 e. The molecule has 0 radical (unpaired) electrons. The van der Waals surface area contributed by atoms with Crippen LogP contribution in [0.15, 0.2) is 82.3 Å². The van der Waals surface area contributed by atoms with Crippen LogP contribution >= 0.6 is 11.8 Å². The lowest BCUT2D eigenvalue weighted by molar-refractivity contribution is -0.160. The van der Waals surface area contributed by atoms with Gasteiger partial charge in [-0.05, 0) is 71.7 Å². The van der Waals surface area contributed by atoms with Crippen LogP contribution in [0.2, 0.25) is 0 Å². The van der Waals surface area contributed by atoms with Crippen molar-refractivity contribution < 1.29 is 32.0 Å². The Labute approximate surface area is 301 Å². The molecule has 3 aromatic carbocycles. The Hall–Kier alpha value is -3.55. The standard InChI is InChI=1S/C38H49N3O7S2/c1-27-24-34(31(37(2,3)4)25-33(27)48-50(44,45)40(5)6)49-35-32(42)26-38(47-36(35)43,17-16-28-10-8-7-9-11-28)29-12-14-30(15-13-29)46-23-22-41-20-18-39-19-21-41/h7-15,24-25,39,42H,16-23,26H2,1-6H3. The molecule has 2 aliphatic heterocycles. The third-order valence-electron chi connectivity index (χ3n) is 9.05. The first kappa shape index (κ1) is 37.7. The average Bonchev–Trinajstić information content (AvgIpc) is 3.07. The fourth-order valence-corrected chi connectivity index (χ4v) is 7.87. The first-order valence-electron chi connectivity index (χ1n) is 17.0. The highest BCUT2D eigenvalue weighted by Gasteiger charge is 2.44. The number of hydrogen-bond donors (Lipinski definition) is 2. The summed E-state index contributed by atoms with van der Waals surface area (Å²) in [5.41, 5.74) is 1.67. The molecule has 0 amide bonds. The van der Waals surface area contributed by atoms with Crippen LogP contribution in [0.3, 0.4) is 0 Å². The van der Waals surface area contributed by atoms with Crippen LogP contribution in [0, 0.1) is 6.92 Å². The Bertz CT molecular complexity index is 1780. The number of nitrogens with zero attached hydrogens (tertiary/aromatic N) is 2. The van der Waals surface area contributed by atoms with Crippen molar-refractivity contribution in [1.82, 2.24) is 14.5 Å². The first-order chi connectivity index (χ1) is 23.7. The van der Waals surface area contributed by atoms with Gasteiger partial charge in [0.2, 0.25) is 0 Å². The zero-order valence-electron chi connectivity index (χ0n) is 29.8. The highest BCUT2D eigenvalue weighted by atomic mass is 32.2. The van der Waals surface area contributed by atoms with Gasteiger partial charge >= 0.3 is 16.3 Å². The van der Waals surface area contributed by atoms with Gasteiger partial charge in [-0.3, -0.25) is 4.90 Å². The quantitative estimate of drug-likeness (QED) is 0.201. The van der Waals surface area contributed by atoms with Crippen molar-refractivity contribution in [2.75, 3.05) is 53.4 Å². The lowest BCUT2D eigenvalue weighted by Crippen LogP contribution is -2.44. The van der Waals surface area contributed by atoms with Crippen molar-refractivity contribution in [2.45, 2.75) is 62.9 Å². The fourth-order valence-electron chi connectivity index (χ4n) is 6.07. The largest absolute Gasteiger partial charge is 0.511 e. The Kier molecular flexibility index (Phi) is 11.9. The van der Waals surface area contributed by atoms with Crippen LogP contribution in [0.5, 0.6) is 11.5 Å². The van der Waals surface area contributed by atoms with Gasteiger partial charge in [0.05, 0.1) is 6.42 Å². The minimum absolute atomic E-state index is 0.0521. The van der Waals surface area contributed by atoms with Gasteiger partial charge < -0.3 is 24.1 Å². The van der Waals surface area contributed by atoms with E-state index < -0.39 is 27.3 Å². The zero-order valence-corrected chi connectivity index (χ0v) is 31.5. The van der Waals surface area contributed by atoms with Crippen LogP contribution in [0.25, 0.3) is 0 Å². The van der Waals surface area contributed by atoms with E-state index in [0.717, 1.165) is 71.2 Å². The van der Waals surface area contributed by atoms with E-state index in [2.05, 4.69) is 10.2 Å². The molecule has 2 N–H and O–H groups in total. The van der Waals surface area contributed by atoms with Crippen LogP contribution in [0.4, 0.5) is 0 Å². The monoisotopic (exact) mass is 723 g/mol. The van der Waals surface area contributed by atoms with Gasteiger partial charge in [-0.25, -0.2) is 4.79 Å². The second kappa shape index (κ2) is 15.8. The number of aliphatic hydroxyl groups is 1. The summed E-state index contributed by atoms with van der Waals surface area (Å²) in [6, 6.07) is 21.1. The predicted octanol–water partition coefficient (Wildman–Crippen LogP) is 6.10. The van der Waals surface area contributed by atoms with Gasteiger partial charge in [0.1, 0.15) is 34.4 Å². The Morgan fingerprint density at radius 2 is 1.72 bits per heavy atom. The molecule has 3 aromatic rings. The van der Waals surface area contributed by atoms with Gasteiger partial charge in [0.25, 0.3) is 0 Å². The maximum atomic E-state index is 13.9. The fraction of sp³-hybridized carbons (Fsp3) is 0.447. The van der Waals surface area contributed by atoms with Gasteiger partial charge in [-0.2, -0.15) is 12.7 Å². The molecule has 1 saturated heterocycles. The molecule has 12 heteroatoms. The zero-order chi connectivity index (χ0) is 36.1. The van der Waals surface area contributed by atoms with E-state index in [4.69, 9.17) is 13.7 Å². The Morgan fingerprint density at radius 3 is 2.34 bits per heavy atom. The Balaban J connectivity index is 1.42. The minimum Gasteiger partial charge on any atom is -0.511 e. The number of nitrogens with one attached hydrogen (secondary N) is 1. The number of ether oxygens (including phenoxy) is 2. The van der Waals surface area contributed by atoms with E-state index in [1.165, 1.54) is 14.1 Å². The Morgan fingerprint density at radius 1 is 1.04 bits per heavy atom. The molecule has 1 unspecified atom stereocenters. The number of benzene rings is 3. The number of cyclic esters (lactones) is 1. The van der Waals surface area contributed by atoms with E-state index in [1.54, 1.807) is 19.1 Å². The van der Waals surface area contributed by atoms with E-state index in [9.17, 15) is 18.3 Å². The molecule has 0 bridgehead atoms. The van der Waals surface area contributed by atoms with Crippen molar-refractivity contribution in [3.8, 4) is 11.5 Å². The molecular weight excluding hydrogens is 675 g/mol. The van der Waals surface area contributed by atoms with Gasteiger partial charge in [-0.1, -0.05) is 75.0 Å². The molecule has 0 aromatic heterocycles. The molecule has 1 atom stereocenters. The lowest BCUT2D eigenvalue weighted by Gasteiger charge is -2.38. The number of thioether (sulfide) groups is 1. The molecule has 0 spiro atoms. The van der Waals surface area contributed by atoms with Crippen LogP contribution in [-0.2, 0) is 37.3 Å². The number of piperazine rings is 1. The van der Waals surface area contributed by atoms with Crippen LogP contribution in [0.1, 0.15) is 55.9 Å². The number of rotatable bonds is 13. The maximum Gasteiger partial charge on any atom is 0.384 e. The lowest BCUT2D eigenvalue weighted by atomic mass is 9.82. The summed E-state index contributed by atoms with van der Waals surface area (Å²) in [5.74, 6) is 0.268. The topological polar surface area (TPSA) is 118 Å². The summed E-state index contributed by atoms with van der Waals surface area (Å²) in [6.07, 6.45) is 1.20. The number of carbonyl (C=O) groups is 1. The minimum atomic E-state index is -3.98. The molecule has 2 aliphatic rings. The molecule has 0 saturated carbocycles. The van der Waals surface area contributed by atoms with Crippen LogP contribution < -0.4 is 14.2 Å². The van der Waals surface area contributed by atoms with E-state index in [0.29, 0.717) is 29.9 Å². The highest BCUT2D eigenvalue weighted by Crippen LogP contribution is 2.47. The normalized spacial score (nSPS) is 19.1. The summed E-state index contributed by atoms with van der Waals surface area (Å²) in [4.78, 5) is 17.1. The van der Waals surface area contributed by atoms with Crippen molar-refractivity contribution in [3.05, 3.63) is 99.6 Å². The molecule has 1 fully saturated rings. The van der Waals surface area contributed by atoms with Gasteiger partial charge in [-0.15, -0.1) is 0 Å². The van der Waals surface area contributed by atoms with Gasteiger partial charge in [0.15, 0.2) is 0 Å². The number of carbonyl (C=O) groups excluding carboxylic acids is 1. The SMILES string of the molecule is Cc1cc(SC2=C(O)CC(CCc3ccccc3)(c3ccc(OCCN4CCNCC4)cc3)OC2=O)c(C(C)(C)C)cc1OS(=O)(=O)N(C)C. The van der Waals surface area contributed by atoms with Crippen molar-refractivity contribution in [1.29, 1.82) is 0 Å². The third-order valence-corrected chi connectivity index (χ3v) is 11.5. The molecule has 270 valence electrons. The number of aliphatic hydroxyl groups excluding tert-OH is 1. The van der Waals surface area contributed by atoms with E-state index >= 15 is 0 Å². The summed E-state index contributed by atoms with van der Waals surface area (Å²) >= 11 is 1.13. The second-order valence-electron chi connectivity index (χ2n) is 14.1. The van der Waals surface area contributed by atoms with Crippen molar-refractivity contribution in [3.63, 3.8) is 0 Å². The third kappa shape index (κ3) is 9.21. The van der Waals surface area contributed by atoms with Crippen molar-refractivity contribution in [2.24, 2.45) is 0 Å². The highest BCUT2D eigenvalue weighted by molar-refractivity contribution is 8.04. The number of hydrogen-bond acceptors (Lipinski definition) is 10. The molecule has 10 nitrogen and oxygen atoms in total. The predicted molar refractivity (Wildman–Crippen MR) is 197 cm³/mol. The summed E-state index contributed by atoms with van der Waals surface area (Å²) in [5, 5.41) is 15.0. The molecule has 5 rings (SSSR count). The van der Waals surface area contributed by atoms with Gasteiger partial charge in [0, 0.05) is 51.7 Å². The van der Waals surface area contributed by atoms with Crippen LogP contribution in [-0.4, -0.2) is 82.1 Å². The molecule has 50 heavy (non-hydrogen) atoms. The second-order valence-corrected chi connectivity index (χ2v) is 16.9. The molecule has 0 aliphatic carbocycles. The van der Waals surface area contributed by atoms with E-state index in [-0.39, 0.29) is 22.8 Å². The summed E-state index contributed by atoms with van der Waals surface area (Å²) in [6.45, 7) is 13.1.